The van der Waals surface area contributed by atoms with Gasteiger partial charge in [0.05, 0.1) is 17.2 Å². The number of aromatic nitrogens is 5. The minimum absolute atomic E-state index is 0.0486. The number of benzene rings is 2. The summed E-state index contributed by atoms with van der Waals surface area (Å²) in [6.45, 7) is 0.364. The maximum absolute atomic E-state index is 12.9. The van der Waals surface area contributed by atoms with Gasteiger partial charge in [0.1, 0.15) is 0 Å². The third-order valence-electron chi connectivity index (χ3n) is 5.66. The first-order valence-electron chi connectivity index (χ1n) is 9.93. The molecule has 5 aromatic rings. The molecule has 0 aliphatic carbocycles. The Labute approximate surface area is 190 Å². The first-order valence-corrected chi connectivity index (χ1v) is 10.3. The molecule has 3 aromatic heterocycles. The smallest absolute Gasteiger partial charge is 0.305 e. The molecule has 0 spiro atoms. The molecule has 0 atom stereocenters. The van der Waals surface area contributed by atoms with E-state index in [1.165, 1.54) is 23.7 Å². The number of fused-ring (bicyclic) bond motifs is 3. The summed E-state index contributed by atoms with van der Waals surface area (Å²) < 4.78 is 5.83. The third kappa shape index (κ3) is 3.23. The van der Waals surface area contributed by atoms with E-state index in [-0.39, 0.29) is 16.9 Å². The Balaban J connectivity index is 1.85. The molecule has 0 bridgehead atoms. The normalized spacial score (nSPS) is 11.5. The fourth-order valence-corrected chi connectivity index (χ4v) is 4.08. The van der Waals surface area contributed by atoms with Crippen LogP contribution in [0.25, 0.3) is 28.2 Å². The number of halogens is 1. The highest BCUT2D eigenvalue weighted by molar-refractivity contribution is 6.30. The standard InChI is InChI=1S/C22H17ClN6O4/c1-25-19-18(20(30)26(2)22(25)31)28-12-17(14-4-3-5-16(10-14)29(32)33)27(21(28)24-19)11-13-6-8-15(23)9-7-13/h3-10,12H,11H2,1-2H3. The van der Waals surface area contributed by atoms with Crippen LogP contribution < -0.4 is 11.2 Å². The quantitative estimate of drug-likeness (QED) is 0.300. The third-order valence-corrected chi connectivity index (χ3v) is 5.92. The van der Waals surface area contributed by atoms with Gasteiger partial charge in [-0.3, -0.25) is 28.4 Å². The first kappa shape index (κ1) is 20.7. The SMILES string of the molecule is Cn1c(=O)c2c(nc3n(Cc4ccc(Cl)cc4)c(-c4cccc([N+](=O)[O-])c4)cn23)n(C)c1=O. The Morgan fingerprint density at radius 1 is 1.06 bits per heavy atom. The highest BCUT2D eigenvalue weighted by atomic mass is 35.5. The summed E-state index contributed by atoms with van der Waals surface area (Å²) in [4.78, 5) is 40.8. The Morgan fingerprint density at radius 3 is 2.48 bits per heavy atom. The minimum atomic E-state index is -0.477. The molecule has 166 valence electrons. The summed E-state index contributed by atoms with van der Waals surface area (Å²) in [5, 5.41) is 11.9. The van der Waals surface area contributed by atoms with Crippen molar-refractivity contribution in [1.82, 2.24) is 23.1 Å². The van der Waals surface area contributed by atoms with Gasteiger partial charge < -0.3 is 4.57 Å². The summed E-state index contributed by atoms with van der Waals surface area (Å²) in [7, 11) is 2.97. The van der Waals surface area contributed by atoms with E-state index >= 15 is 0 Å². The van der Waals surface area contributed by atoms with Crippen LogP contribution >= 0.6 is 11.6 Å². The Hall–Kier alpha value is -4.18. The minimum Gasteiger partial charge on any atom is -0.305 e. The molecule has 0 amide bonds. The van der Waals surface area contributed by atoms with Crippen molar-refractivity contribution in [2.75, 3.05) is 0 Å². The lowest BCUT2D eigenvalue weighted by atomic mass is 10.1. The number of aryl methyl sites for hydroxylation is 1. The van der Waals surface area contributed by atoms with Crippen LogP contribution in [0.3, 0.4) is 0 Å². The van der Waals surface area contributed by atoms with Gasteiger partial charge in [-0.05, 0) is 17.7 Å². The van der Waals surface area contributed by atoms with E-state index in [0.29, 0.717) is 28.6 Å². The summed E-state index contributed by atoms with van der Waals surface area (Å²) >= 11 is 6.02. The second-order valence-electron chi connectivity index (χ2n) is 7.69. The lowest BCUT2D eigenvalue weighted by Crippen LogP contribution is -2.37. The molecule has 10 nitrogen and oxygen atoms in total. The van der Waals surface area contributed by atoms with Crippen molar-refractivity contribution in [1.29, 1.82) is 0 Å². The molecule has 0 aliphatic rings. The number of hydrogen-bond acceptors (Lipinski definition) is 5. The lowest BCUT2D eigenvalue weighted by Gasteiger charge is -2.09. The largest absolute Gasteiger partial charge is 0.332 e. The van der Waals surface area contributed by atoms with Crippen molar-refractivity contribution in [3.8, 4) is 11.3 Å². The molecule has 0 saturated carbocycles. The summed E-state index contributed by atoms with van der Waals surface area (Å²) in [6, 6.07) is 13.5. The van der Waals surface area contributed by atoms with E-state index in [2.05, 4.69) is 4.98 Å². The van der Waals surface area contributed by atoms with Crippen molar-refractivity contribution < 1.29 is 4.92 Å². The van der Waals surface area contributed by atoms with Crippen molar-refractivity contribution in [3.05, 3.63) is 96.3 Å². The predicted octanol–water partition coefficient (Wildman–Crippen LogP) is 2.96. The zero-order valence-electron chi connectivity index (χ0n) is 17.6. The molecule has 0 N–H and O–H groups in total. The van der Waals surface area contributed by atoms with Gasteiger partial charge in [-0.1, -0.05) is 35.9 Å². The van der Waals surface area contributed by atoms with Crippen LogP contribution in [0.1, 0.15) is 5.56 Å². The highest BCUT2D eigenvalue weighted by Crippen LogP contribution is 2.29. The van der Waals surface area contributed by atoms with Crippen molar-refractivity contribution in [2.24, 2.45) is 14.1 Å². The number of non-ortho nitro benzene ring substituents is 1. The molecule has 0 unspecified atom stereocenters. The van der Waals surface area contributed by atoms with Gasteiger partial charge in [-0.2, -0.15) is 4.98 Å². The molecule has 33 heavy (non-hydrogen) atoms. The molecule has 0 fully saturated rings. The van der Waals surface area contributed by atoms with Crippen LogP contribution in [-0.2, 0) is 20.6 Å². The fraction of sp³-hybridized carbons (Fsp3) is 0.136. The summed E-state index contributed by atoms with van der Waals surface area (Å²) in [5.74, 6) is 0.430. The van der Waals surface area contributed by atoms with Crippen LogP contribution in [0.2, 0.25) is 5.02 Å². The number of nitrogens with zero attached hydrogens (tertiary/aromatic N) is 6. The maximum atomic E-state index is 12.9. The molecule has 5 rings (SSSR count). The highest BCUT2D eigenvalue weighted by Gasteiger charge is 2.21. The monoisotopic (exact) mass is 464 g/mol. The van der Waals surface area contributed by atoms with Gasteiger partial charge in [0.2, 0.25) is 5.78 Å². The second-order valence-corrected chi connectivity index (χ2v) is 8.13. The molecule has 2 aromatic carbocycles. The number of imidazole rings is 2. The van der Waals surface area contributed by atoms with Gasteiger partial charge in [-0.15, -0.1) is 0 Å². The molecule has 3 heterocycles. The zero-order chi connectivity index (χ0) is 23.4. The average Bonchev–Trinajstić information content (AvgIpc) is 3.35. The van der Waals surface area contributed by atoms with Gasteiger partial charge in [0.15, 0.2) is 11.2 Å². The molecular weight excluding hydrogens is 448 g/mol. The Kier molecular flexibility index (Phi) is 4.68. The van der Waals surface area contributed by atoms with Crippen LogP contribution in [-0.4, -0.2) is 28.0 Å². The first-order chi connectivity index (χ1) is 15.8. The Bertz CT molecular complexity index is 1690. The van der Waals surface area contributed by atoms with Crippen LogP contribution in [0.5, 0.6) is 0 Å². The van der Waals surface area contributed by atoms with E-state index < -0.39 is 16.2 Å². The topological polar surface area (TPSA) is 109 Å². The molecule has 0 radical (unpaired) electrons. The number of nitro groups is 1. The fourth-order valence-electron chi connectivity index (χ4n) is 3.95. The maximum Gasteiger partial charge on any atom is 0.332 e. The zero-order valence-corrected chi connectivity index (χ0v) is 18.4. The molecule has 0 aliphatic heterocycles. The number of nitro benzene ring substituents is 1. The van der Waals surface area contributed by atoms with Crippen LogP contribution in [0.15, 0.2) is 64.3 Å². The van der Waals surface area contributed by atoms with Gasteiger partial charge >= 0.3 is 5.69 Å². The van der Waals surface area contributed by atoms with E-state index in [9.17, 15) is 19.7 Å². The second kappa shape index (κ2) is 7.45. The van der Waals surface area contributed by atoms with Crippen molar-refractivity contribution in [3.63, 3.8) is 0 Å². The number of hydrogen-bond donors (Lipinski definition) is 0. The van der Waals surface area contributed by atoms with E-state index in [0.717, 1.165) is 10.1 Å². The van der Waals surface area contributed by atoms with E-state index in [1.54, 1.807) is 41.9 Å². The van der Waals surface area contributed by atoms with E-state index in [4.69, 9.17) is 11.6 Å². The number of rotatable bonds is 4. The predicted molar refractivity (Wildman–Crippen MR) is 124 cm³/mol. The van der Waals surface area contributed by atoms with Crippen molar-refractivity contribution >= 4 is 34.2 Å². The average molecular weight is 465 g/mol. The van der Waals surface area contributed by atoms with Crippen molar-refractivity contribution in [2.45, 2.75) is 6.54 Å². The Morgan fingerprint density at radius 2 is 1.79 bits per heavy atom. The van der Waals surface area contributed by atoms with Crippen LogP contribution in [0.4, 0.5) is 5.69 Å². The molecule has 11 heteroatoms. The molecular formula is C22H17ClN6O4. The molecule has 0 saturated heterocycles. The van der Waals surface area contributed by atoms with Gasteiger partial charge in [-0.25, -0.2) is 4.79 Å². The lowest BCUT2D eigenvalue weighted by molar-refractivity contribution is -0.384. The van der Waals surface area contributed by atoms with Crippen LogP contribution in [0, 0.1) is 10.1 Å². The summed E-state index contributed by atoms with van der Waals surface area (Å²) in [6.07, 6.45) is 1.71. The summed E-state index contributed by atoms with van der Waals surface area (Å²) in [5.41, 5.74) is 1.65. The van der Waals surface area contributed by atoms with Gasteiger partial charge in [0.25, 0.3) is 11.2 Å². The van der Waals surface area contributed by atoms with E-state index in [1.807, 2.05) is 16.7 Å². The van der Waals surface area contributed by atoms with Gasteiger partial charge in [0, 0.05) is 43.0 Å².